The predicted octanol–water partition coefficient (Wildman–Crippen LogP) is 5.05. The van der Waals surface area contributed by atoms with Gasteiger partial charge >= 0.3 is 6.18 Å². The molecule has 0 saturated carbocycles. The number of nitrogens with zero attached hydrogens (tertiary/aromatic N) is 3. The highest BCUT2D eigenvalue weighted by molar-refractivity contribution is 5.98. The molecule has 2 aromatic carbocycles. The number of imidazole rings is 1. The van der Waals surface area contributed by atoms with Gasteiger partial charge in [-0.3, -0.25) is 9.59 Å². The molecule has 1 aliphatic rings. The van der Waals surface area contributed by atoms with E-state index < -0.39 is 18.0 Å². The fraction of sp³-hybridized carbons (Fsp3) is 0.222. The van der Waals surface area contributed by atoms with Gasteiger partial charge in [0.05, 0.1) is 11.9 Å². The fourth-order valence-electron chi connectivity index (χ4n) is 4.67. The van der Waals surface area contributed by atoms with Gasteiger partial charge in [-0.2, -0.15) is 18.3 Å². The van der Waals surface area contributed by atoms with Crippen LogP contribution in [0.4, 0.5) is 13.2 Å². The SMILES string of the molecule is NC(=O)c1c(-c2ccc(Oc3ccccc3)cc2)[nH]c2c(C3CCN(C(=O)/C=C/C(F)(F)F)CC3)cnn12. The molecule has 0 atom stereocenters. The molecule has 1 saturated heterocycles. The number of para-hydroxylation sites is 1. The number of halogens is 3. The average Bonchev–Trinajstić information content (AvgIpc) is 3.47. The number of carbonyl (C=O) groups excluding carboxylic acids is 2. The Morgan fingerprint density at radius 2 is 1.68 bits per heavy atom. The number of hydrogen-bond donors (Lipinski definition) is 2. The van der Waals surface area contributed by atoms with E-state index in [0.717, 1.165) is 5.56 Å². The van der Waals surface area contributed by atoms with E-state index in [9.17, 15) is 22.8 Å². The highest BCUT2D eigenvalue weighted by Gasteiger charge is 2.29. The first-order chi connectivity index (χ1) is 18.2. The van der Waals surface area contributed by atoms with Crippen molar-refractivity contribution in [1.29, 1.82) is 0 Å². The first kappa shape index (κ1) is 25.1. The summed E-state index contributed by atoms with van der Waals surface area (Å²) in [5, 5.41) is 4.39. The number of nitrogens with one attached hydrogen (secondary N) is 1. The van der Waals surface area contributed by atoms with Crippen LogP contribution < -0.4 is 10.5 Å². The van der Waals surface area contributed by atoms with Crippen LogP contribution in [0, 0.1) is 0 Å². The van der Waals surface area contributed by atoms with Gasteiger partial charge in [0.2, 0.25) is 5.91 Å². The molecule has 38 heavy (non-hydrogen) atoms. The molecule has 5 rings (SSSR count). The van der Waals surface area contributed by atoms with Crippen LogP contribution in [0.2, 0.25) is 0 Å². The lowest BCUT2D eigenvalue weighted by atomic mass is 9.91. The number of allylic oxidation sites excluding steroid dienone is 1. The Kier molecular flexibility index (Phi) is 6.66. The number of likely N-dealkylation sites (tertiary alicyclic amines) is 1. The van der Waals surface area contributed by atoms with Crippen LogP contribution in [0.3, 0.4) is 0 Å². The summed E-state index contributed by atoms with van der Waals surface area (Å²) < 4.78 is 44.5. The number of ether oxygens (including phenoxy) is 1. The van der Waals surface area contributed by atoms with Crippen LogP contribution in [0.5, 0.6) is 11.5 Å². The summed E-state index contributed by atoms with van der Waals surface area (Å²) in [5.74, 6) is 0.00681. The van der Waals surface area contributed by atoms with Crippen molar-refractivity contribution in [1.82, 2.24) is 19.5 Å². The van der Waals surface area contributed by atoms with Crippen LogP contribution in [0.15, 0.2) is 72.9 Å². The van der Waals surface area contributed by atoms with Gasteiger partial charge in [0.15, 0.2) is 5.69 Å². The predicted molar refractivity (Wildman–Crippen MR) is 134 cm³/mol. The Morgan fingerprint density at radius 1 is 1.03 bits per heavy atom. The van der Waals surface area contributed by atoms with Gasteiger partial charge < -0.3 is 20.4 Å². The van der Waals surface area contributed by atoms with E-state index in [4.69, 9.17) is 10.5 Å². The maximum Gasteiger partial charge on any atom is 0.409 e. The average molecular weight is 524 g/mol. The van der Waals surface area contributed by atoms with E-state index in [1.54, 1.807) is 18.3 Å². The summed E-state index contributed by atoms with van der Waals surface area (Å²) >= 11 is 0. The largest absolute Gasteiger partial charge is 0.457 e. The van der Waals surface area contributed by atoms with E-state index in [1.165, 1.54) is 9.42 Å². The van der Waals surface area contributed by atoms with E-state index in [2.05, 4.69) is 10.1 Å². The standard InChI is InChI=1S/C27H24F3N5O3/c28-27(29,30)13-10-22(36)34-14-11-17(12-15-34)21-16-32-35-24(25(31)37)23(33-26(21)35)18-6-8-20(9-7-18)38-19-4-2-1-3-5-19/h1-10,13,16-17,33H,11-12,14-15H2,(H2,31,37)/b13-10+. The zero-order chi connectivity index (χ0) is 26.9. The molecule has 8 nitrogen and oxygen atoms in total. The van der Waals surface area contributed by atoms with E-state index >= 15 is 0 Å². The number of benzene rings is 2. The van der Waals surface area contributed by atoms with E-state index in [1.807, 2.05) is 42.5 Å². The lowest BCUT2D eigenvalue weighted by Gasteiger charge is -2.31. The molecule has 3 heterocycles. The molecule has 3 N–H and O–H groups in total. The Balaban J connectivity index is 1.36. The molecule has 4 aromatic rings. The molecule has 196 valence electrons. The minimum Gasteiger partial charge on any atom is -0.457 e. The zero-order valence-corrected chi connectivity index (χ0v) is 20.1. The highest BCUT2D eigenvalue weighted by Crippen LogP contribution is 2.34. The van der Waals surface area contributed by atoms with Crippen molar-refractivity contribution in [3.63, 3.8) is 0 Å². The normalized spacial score (nSPS) is 14.9. The van der Waals surface area contributed by atoms with Crippen LogP contribution in [-0.4, -0.2) is 50.6 Å². The van der Waals surface area contributed by atoms with Gasteiger partial charge in [-0.15, -0.1) is 0 Å². The number of aromatic amines is 1. The van der Waals surface area contributed by atoms with E-state index in [0.29, 0.717) is 60.4 Å². The van der Waals surface area contributed by atoms with Gasteiger partial charge in [0, 0.05) is 36.4 Å². The molecule has 0 spiro atoms. The van der Waals surface area contributed by atoms with Crippen molar-refractivity contribution >= 4 is 17.5 Å². The molecule has 0 unspecified atom stereocenters. The number of hydrogen-bond acceptors (Lipinski definition) is 4. The van der Waals surface area contributed by atoms with Crippen molar-refractivity contribution in [2.75, 3.05) is 13.1 Å². The first-order valence-corrected chi connectivity index (χ1v) is 12.0. The second-order valence-electron chi connectivity index (χ2n) is 8.99. The van der Waals surface area contributed by atoms with Gasteiger partial charge in [0.25, 0.3) is 5.91 Å². The summed E-state index contributed by atoms with van der Waals surface area (Å²) in [5.41, 5.74) is 8.61. The number of piperidine rings is 1. The molecule has 1 aliphatic heterocycles. The van der Waals surface area contributed by atoms with Gasteiger partial charge in [-0.1, -0.05) is 18.2 Å². The Hall–Kier alpha value is -4.54. The van der Waals surface area contributed by atoms with Crippen LogP contribution >= 0.6 is 0 Å². The lowest BCUT2D eigenvalue weighted by Crippen LogP contribution is -2.37. The molecule has 11 heteroatoms. The molecule has 1 fully saturated rings. The Morgan fingerprint density at radius 3 is 2.32 bits per heavy atom. The lowest BCUT2D eigenvalue weighted by molar-refractivity contribution is -0.127. The fourth-order valence-corrected chi connectivity index (χ4v) is 4.67. The molecular formula is C27H24F3N5O3. The number of fused-ring (bicyclic) bond motifs is 1. The number of primary amides is 1. The molecular weight excluding hydrogens is 499 g/mol. The van der Waals surface area contributed by atoms with Crippen molar-refractivity contribution in [2.24, 2.45) is 5.73 Å². The number of nitrogens with two attached hydrogens (primary N) is 1. The maximum absolute atomic E-state index is 12.4. The molecule has 2 aromatic heterocycles. The Bertz CT molecular complexity index is 1480. The van der Waals surface area contributed by atoms with Crippen molar-refractivity contribution in [3.8, 4) is 22.8 Å². The summed E-state index contributed by atoms with van der Waals surface area (Å²) in [6.07, 6.45) is -1.28. The number of rotatable bonds is 6. The van der Waals surface area contributed by atoms with Gasteiger partial charge in [0.1, 0.15) is 17.1 Å². The van der Waals surface area contributed by atoms with Crippen molar-refractivity contribution in [3.05, 3.63) is 84.2 Å². The number of H-pyrrole nitrogens is 1. The number of amides is 2. The third kappa shape index (κ3) is 5.26. The first-order valence-electron chi connectivity index (χ1n) is 12.0. The molecule has 0 bridgehead atoms. The van der Waals surface area contributed by atoms with E-state index in [-0.39, 0.29) is 17.7 Å². The molecule has 2 amide bonds. The third-order valence-electron chi connectivity index (χ3n) is 6.51. The zero-order valence-electron chi connectivity index (χ0n) is 20.1. The summed E-state index contributed by atoms with van der Waals surface area (Å²) in [4.78, 5) is 29.2. The summed E-state index contributed by atoms with van der Waals surface area (Å²) in [6.45, 7) is 0.615. The molecule has 0 radical (unpaired) electrons. The minimum absolute atomic E-state index is 0.00276. The minimum atomic E-state index is -4.53. The number of aromatic nitrogens is 3. The smallest absolute Gasteiger partial charge is 0.409 e. The van der Waals surface area contributed by atoms with Crippen LogP contribution in [0.25, 0.3) is 16.9 Å². The highest BCUT2D eigenvalue weighted by atomic mass is 19.4. The van der Waals surface area contributed by atoms with Crippen LogP contribution in [0.1, 0.15) is 34.8 Å². The topological polar surface area (TPSA) is 106 Å². The monoisotopic (exact) mass is 523 g/mol. The second-order valence-corrected chi connectivity index (χ2v) is 8.99. The number of carbonyl (C=O) groups is 2. The second kappa shape index (κ2) is 10.1. The molecule has 0 aliphatic carbocycles. The van der Waals surface area contributed by atoms with Gasteiger partial charge in [-0.05, 0) is 55.2 Å². The Labute approximate surface area is 215 Å². The third-order valence-corrected chi connectivity index (χ3v) is 6.51. The quantitative estimate of drug-likeness (QED) is 0.345. The maximum atomic E-state index is 12.4. The van der Waals surface area contributed by atoms with Gasteiger partial charge in [-0.25, -0.2) is 4.52 Å². The van der Waals surface area contributed by atoms with Crippen LogP contribution in [-0.2, 0) is 4.79 Å². The summed E-state index contributed by atoms with van der Waals surface area (Å²) in [7, 11) is 0. The van der Waals surface area contributed by atoms with Crippen molar-refractivity contribution in [2.45, 2.75) is 24.9 Å². The van der Waals surface area contributed by atoms with Crippen molar-refractivity contribution < 1.29 is 27.5 Å². The number of alkyl halides is 3. The summed E-state index contributed by atoms with van der Waals surface area (Å²) in [6, 6.07) is 16.6.